The fourth-order valence-corrected chi connectivity index (χ4v) is 2.30. The van der Waals surface area contributed by atoms with Gasteiger partial charge < -0.3 is 23.4 Å². The second-order valence-electron chi connectivity index (χ2n) is 4.74. The highest BCUT2D eigenvalue weighted by atomic mass is 16.6. The lowest BCUT2D eigenvalue weighted by Gasteiger charge is -2.14. The van der Waals surface area contributed by atoms with Crippen LogP contribution in [-0.2, 0) is 9.53 Å². The number of hydrogen-bond donors (Lipinski definition) is 0. The highest BCUT2D eigenvalue weighted by Crippen LogP contribution is 2.40. The van der Waals surface area contributed by atoms with Gasteiger partial charge in [-0.2, -0.15) is 0 Å². The summed E-state index contributed by atoms with van der Waals surface area (Å²) in [5, 5.41) is 0. The van der Waals surface area contributed by atoms with Crippen LogP contribution in [0, 0.1) is 0 Å². The standard InChI is InChI=1S/C17H15NO6/c1-20-12-7-6-10(14(21-2)15(12)22-3)9-11-17(19)24-16(18-11)13-5-4-8-23-13/h4-9H,1-3H3. The van der Waals surface area contributed by atoms with Gasteiger partial charge in [0.05, 0.1) is 27.6 Å². The van der Waals surface area contributed by atoms with Crippen molar-refractivity contribution in [3.8, 4) is 17.2 Å². The van der Waals surface area contributed by atoms with E-state index in [1.54, 1.807) is 30.3 Å². The van der Waals surface area contributed by atoms with Gasteiger partial charge in [-0.05, 0) is 30.3 Å². The summed E-state index contributed by atoms with van der Waals surface area (Å²) in [5.74, 6) is 1.31. The Kier molecular flexibility index (Phi) is 4.24. The third-order valence-corrected chi connectivity index (χ3v) is 3.38. The summed E-state index contributed by atoms with van der Waals surface area (Å²) in [6, 6.07) is 6.79. The van der Waals surface area contributed by atoms with Crippen LogP contribution in [0.5, 0.6) is 17.2 Å². The number of carbonyl (C=O) groups is 1. The zero-order valence-electron chi connectivity index (χ0n) is 13.4. The van der Waals surface area contributed by atoms with Crippen molar-refractivity contribution in [2.75, 3.05) is 21.3 Å². The van der Waals surface area contributed by atoms with Gasteiger partial charge in [0.1, 0.15) is 0 Å². The van der Waals surface area contributed by atoms with E-state index in [0.717, 1.165) is 0 Å². The molecule has 0 unspecified atom stereocenters. The SMILES string of the molecule is COc1ccc(C=C2N=C(c3ccco3)OC2=O)c(OC)c1OC. The Morgan fingerprint density at radius 3 is 2.46 bits per heavy atom. The number of rotatable bonds is 5. The predicted octanol–water partition coefficient (Wildman–Crippen LogP) is 2.65. The quantitative estimate of drug-likeness (QED) is 0.620. The number of hydrogen-bond acceptors (Lipinski definition) is 7. The smallest absolute Gasteiger partial charge is 0.363 e. The Morgan fingerprint density at radius 2 is 1.83 bits per heavy atom. The molecule has 2 heterocycles. The lowest BCUT2D eigenvalue weighted by atomic mass is 10.1. The van der Waals surface area contributed by atoms with E-state index in [4.69, 9.17) is 23.4 Å². The average molecular weight is 329 g/mol. The van der Waals surface area contributed by atoms with Crippen LogP contribution in [0.1, 0.15) is 11.3 Å². The molecule has 7 heteroatoms. The molecular formula is C17H15NO6. The van der Waals surface area contributed by atoms with Crippen molar-refractivity contribution >= 4 is 17.9 Å². The Labute approximate surface area is 138 Å². The van der Waals surface area contributed by atoms with E-state index in [1.165, 1.54) is 27.6 Å². The third kappa shape index (κ3) is 2.71. The molecule has 0 fully saturated rings. The lowest BCUT2D eigenvalue weighted by Crippen LogP contribution is -2.04. The minimum Gasteiger partial charge on any atom is -0.493 e. The summed E-state index contributed by atoms with van der Waals surface area (Å²) in [5.41, 5.74) is 0.735. The molecule has 0 amide bonds. The molecule has 0 N–H and O–H groups in total. The third-order valence-electron chi connectivity index (χ3n) is 3.38. The van der Waals surface area contributed by atoms with Gasteiger partial charge in [-0.1, -0.05) is 0 Å². The molecule has 3 rings (SSSR count). The van der Waals surface area contributed by atoms with Crippen molar-refractivity contribution in [2.24, 2.45) is 4.99 Å². The molecule has 0 radical (unpaired) electrons. The molecule has 1 aliphatic rings. The first kappa shape index (κ1) is 15.7. The van der Waals surface area contributed by atoms with Gasteiger partial charge in [-0.15, -0.1) is 0 Å². The van der Waals surface area contributed by atoms with E-state index in [2.05, 4.69) is 4.99 Å². The number of esters is 1. The maximum Gasteiger partial charge on any atom is 0.363 e. The van der Waals surface area contributed by atoms with E-state index >= 15 is 0 Å². The molecule has 0 bridgehead atoms. The molecule has 1 aromatic carbocycles. The van der Waals surface area contributed by atoms with Crippen LogP contribution in [0.3, 0.4) is 0 Å². The van der Waals surface area contributed by atoms with Crippen LogP contribution in [-0.4, -0.2) is 33.2 Å². The van der Waals surface area contributed by atoms with Crippen molar-refractivity contribution < 1.29 is 28.2 Å². The first-order valence-electron chi connectivity index (χ1n) is 7.03. The fourth-order valence-electron chi connectivity index (χ4n) is 2.30. The fraction of sp³-hybridized carbons (Fsp3) is 0.176. The second-order valence-corrected chi connectivity index (χ2v) is 4.74. The number of ether oxygens (including phenoxy) is 4. The van der Waals surface area contributed by atoms with Gasteiger partial charge in [0.25, 0.3) is 5.90 Å². The Hall–Kier alpha value is -3.22. The van der Waals surface area contributed by atoms with Crippen molar-refractivity contribution in [3.05, 3.63) is 47.5 Å². The second kappa shape index (κ2) is 6.49. The number of nitrogens with zero attached hydrogens (tertiary/aromatic N) is 1. The molecule has 0 saturated carbocycles. The maximum absolute atomic E-state index is 12.0. The first-order chi connectivity index (χ1) is 11.7. The topological polar surface area (TPSA) is 79.5 Å². The molecule has 24 heavy (non-hydrogen) atoms. The van der Waals surface area contributed by atoms with Gasteiger partial charge >= 0.3 is 5.97 Å². The summed E-state index contributed by atoms with van der Waals surface area (Å²) in [6.45, 7) is 0. The van der Waals surface area contributed by atoms with Gasteiger partial charge in [0, 0.05) is 5.56 Å². The molecule has 0 aliphatic carbocycles. The van der Waals surface area contributed by atoms with E-state index in [-0.39, 0.29) is 11.6 Å². The number of aliphatic imine (C=N–C) groups is 1. The molecule has 1 aromatic heterocycles. The van der Waals surface area contributed by atoms with E-state index in [1.807, 2.05) is 0 Å². The molecule has 1 aliphatic heterocycles. The number of furan rings is 1. The van der Waals surface area contributed by atoms with Crippen LogP contribution >= 0.6 is 0 Å². The van der Waals surface area contributed by atoms with Crippen LogP contribution in [0.25, 0.3) is 6.08 Å². The normalized spacial score (nSPS) is 15.2. The van der Waals surface area contributed by atoms with Crippen LogP contribution in [0.15, 0.2) is 45.6 Å². The van der Waals surface area contributed by atoms with Gasteiger partial charge in [-0.3, -0.25) is 0 Å². The van der Waals surface area contributed by atoms with Gasteiger partial charge in [0.2, 0.25) is 5.75 Å². The molecule has 124 valence electrons. The van der Waals surface area contributed by atoms with Crippen molar-refractivity contribution in [2.45, 2.75) is 0 Å². The largest absolute Gasteiger partial charge is 0.493 e. The molecular weight excluding hydrogens is 314 g/mol. The van der Waals surface area contributed by atoms with Gasteiger partial charge in [0.15, 0.2) is 23.0 Å². The first-order valence-corrected chi connectivity index (χ1v) is 7.03. The van der Waals surface area contributed by atoms with Gasteiger partial charge in [-0.25, -0.2) is 9.79 Å². The van der Waals surface area contributed by atoms with Crippen LogP contribution < -0.4 is 14.2 Å². The number of carbonyl (C=O) groups excluding carboxylic acids is 1. The van der Waals surface area contributed by atoms with E-state index < -0.39 is 5.97 Å². The van der Waals surface area contributed by atoms with E-state index in [9.17, 15) is 4.79 Å². The minimum atomic E-state index is -0.571. The van der Waals surface area contributed by atoms with Crippen molar-refractivity contribution in [3.63, 3.8) is 0 Å². The summed E-state index contributed by atoms with van der Waals surface area (Å²) >= 11 is 0. The summed E-state index contributed by atoms with van der Waals surface area (Å²) in [7, 11) is 4.54. The molecule has 0 atom stereocenters. The summed E-state index contributed by atoms with van der Waals surface area (Å²) in [4.78, 5) is 16.2. The lowest BCUT2D eigenvalue weighted by molar-refractivity contribution is -0.130. The zero-order valence-corrected chi connectivity index (χ0v) is 13.4. The number of benzene rings is 1. The summed E-state index contributed by atoms with van der Waals surface area (Å²) in [6.07, 6.45) is 3.03. The Balaban J connectivity index is 2.03. The van der Waals surface area contributed by atoms with Crippen LogP contribution in [0.2, 0.25) is 0 Å². The monoisotopic (exact) mass is 329 g/mol. The van der Waals surface area contributed by atoms with Crippen molar-refractivity contribution in [1.82, 2.24) is 0 Å². The molecule has 0 spiro atoms. The Morgan fingerprint density at radius 1 is 1.04 bits per heavy atom. The minimum absolute atomic E-state index is 0.121. The van der Waals surface area contributed by atoms with Crippen molar-refractivity contribution in [1.29, 1.82) is 0 Å². The highest BCUT2D eigenvalue weighted by molar-refractivity contribution is 6.12. The Bertz CT molecular complexity index is 820. The predicted molar refractivity (Wildman–Crippen MR) is 85.4 cm³/mol. The number of methoxy groups -OCH3 is 3. The highest BCUT2D eigenvalue weighted by Gasteiger charge is 2.26. The zero-order chi connectivity index (χ0) is 17.1. The molecule has 0 saturated heterocycles. The maximum atomic E-state index is 12.0. The molecule has 7 nitrogen and oxygen atoms in total. The number of cyclic esters (lactones) is 1. The molecule has 2 aromatic rings. The van der Waals surface area contributed by atoms with E-state index in [0.29, 0.717) is 28.6 Å². The average Bonchev–Trinajstić information content (AvgIpc) is 3.24. The summed E-state index contributed by atoms with van der Waals surface area (Å²) < 4.78 is 26.2. The van der Waals surface area contributed by atoms with Crippen LogP contribution in [0.4, 0.5) is 0 Å².